The maximum absolute atomic E-state index is 13.2. The first-order valence-corrected chi connectivity index (χ1v) is 9.39. The van der Waals surface area contributed by atoms with Crippen molar-refractivity contribution in [3.05, 3.63) is 30.1 Å². The highest BCUT2D eigenvalue weighted by Crippen LogP contribution is 2.18. The molecule has 2 aliphatic heterocycles. The number of halogens is 1. The van der Waals surface area contributed by atoms with E-state index in [0.717, 1.165) is 17.0 Å². The molecular formula is C15H17FN4O5S. The maximum atomic E-state index is 13.2. The number of sulfonamides is 1. The van der Waals surface area contributed by atoms with Crippen LogP contribution >= 0.6 is 0 Å². The number of hydrogen-bond donors (Lipinski definition) is 2. The van der Waals surface area contributed by atoms with Crippen molar-refractivity contribution in [2.75, 3.05) is 26.2 Å². The van der Waals surface area contributed by atoms with Gasteiger partial charge in [-0.2, -0.15) is 0 Å². The average Bonchev–Trinajstić information content (AvgIpc) is 3.19. The smallest absolute Gasteiger partial charge is 0.324 e. The van der Waals surface area contributed by atoms with Crippen LogP contribution in [0.15, 0.2) is 29.2 Å². The highest BCUT2D eigenvalue weighted by atomic mass is 32.2. The number of carbonyl (C=O) groups is 3. The van der Waals surface area contributed by atoms with Gasteiger partial charge >= 0.3 is 6.03 Å². The molecule has 1 aromatic rings. The zero-order valence-electron chi connectivity index (χ0n) is 13.6. The number of rotatable bonds is 5. The van der Waals surface area contributed by atoms with Gasteiger partial charge in [0.15, 0.2) is 0 Å². The summed E-state index contributed by atoms with van der Waals surface area (Å²) in [6, 6.07) is 3.55. The lowest BCUT2D eigenvalue weighted by Gasteiger charge is -2.21. The molecule has 2 aliphatic rings. The zero-order chi connectivity index (χ0) is 18.9. The standard InChI is InChI=1S/C15H17FN4O5S/c16-10-2-1-3-12(6-10)26(24,25)18-8-13(21)19-5-4-11(9-19)20-14(22)7-17-15(20)23/h1-3,6,11,18H,4-5,7-9H2,(H,17,23). The van der Waals surface area contributed by atoms with Crippen molar-refractivity contribution < 1.29 is 27.2 Å². The first-order valence-electron chi connectivity index (χ1n) is 7.91. The van der Waals surface area contributed by atoms with Crippen LogP contribution in [0.25, 0.3) is 0 Å². The van der Waals surface area contributed by atoms with Crippen LogP contribution in [0.1, 0.15) is 6.42 Å². The van der Waals surface area contributed by atoms with Crippen LogP contribution in [0.2, 0.25) is 0 Å². The Balaban J connectivity index is 1.57. The van der Waals surface area contributed by atoms with Crippen LogP contribution < -0.4 is 10.0 Å². The van der Waals surface area contributed by atoms with E-state index in [1.54, 1.807) is 0 Å². The summed E-state index contributed by atoms with van der Waals surface area (Å²) in [4.78, 5) is 37.8. The predicted molar refractivity (Wildman–Crippen MR) is 86.8 cm³/mol. The number of nitrogens with zero attached hydrogens (tertiary/aromatic N) is 2. The molecule has 9 nitrogen and oxygen atoms in total. The lowest BCUT2D eigenvalue weighted by Crippen LogP contribution is -2.44. The Morgan fingerprint density at radius 2 is 2.12 bits per heavy atom. The molecule has 0 bridgehead atoms. The number of urea groups is 1. The molecule has 140 valence electrons. The van der Waals surface area contributed by atoms with E-state index in [1.165, 1.54) is 17.0 Å². The Bertz CT molecular complexity index is 843. The Hall–Kier alpha value is -2.53. The van der Waals surface area contributed by atoms with E-state index < -0.39 is 40.4 Å². The van der Waals surface area contributed by atoms with Gasteiger partial charge in [0.2, 0.25) is 21.8 Å². The Morgan fingerprint density at radius 1 is 1.35 bits per heavy atom. The van der Waals surface area contributed by atoms with Gasteiger partial charge in [0.25, 0.3) is 0 Å². The van der Waals surface area contributed by atoms with Gasteiger partial charge in [-0.05, 0) is 24.6 Å². The van der Waals surface area contributed by atoms with E-state index in [2.05, 4.69) is 10.0 Å². The summed E-state index contributed by atoms with van der Waals surface area (Å²) >= 11 is 0. The van der Waals surface area contributed by atoms with Crippen LogP contribution in [0.4, 0.5) is 9.18 Å². The highest BCUT2D eigenvalue weighted by molar-refractivity contribution is 7.89. The number of nitrogens with one attached hydrogen (secondary N) is 2. The lowest BCUT2D eigenvalue weighted by molar-refractivity contribution is -0.130. The van der Waals surface area contributed by atoms with E-state index in [4.69, 9.17) is 0 Å². The SMILES string of the molecule is O=C(CNS(=O)(=O)c1cccc(F)c1)N1CCC(N2C(=O)CNC2=O)C1. The van der Waals surface area contributed by atoms with Crippen molar-refractivity contribution in [3.63, 3.8) is 0 Å². The minimum absolute atomic E-state index is 0.0588. The second-order valence-electron chi connectivity index (χ2n) is 5.99. The molecule has 3 rings (SSSR count). The molecule has 2 N–H and O–H groups in total. The molecule has 0 aliphatic carbocycles. The van der Waals surface area contributed by atoms with Gasteiger partial charge in [-0.15, -0.1) is 0 Å². The van der Waals surface area contributed by atoms with Gasteiger partial charge in [-0.1, -0.05) is 6.07 Å². The number of amides is 4. The van der Waals surface area contributed by atoms with Gasteiger partial charge in [0.05, 0.1) is 24.0 Å². The molecule has 4 amide bonds. The number of benzene rings is 1. The summed E-state index contributed by atoms with van der Waals surface area (Å²) in [5.41, 5.74) is 0. The topological polar surface area (TPSA) is 116 Å². The van der Waals surface area contributed by atoms with Crippen LogP contribution in [-0.2, 0) is 19.6 Å². The molecular weight excluding hydrogens is 367 g/mol. The van der Waals surface area contributed by atoms with Crippen LogP contribution in [-0.4, -0.2) is 68.3 Å². The fraction of sp³-hybridized carbons (Fsp3) is 0.400. The lowest BCUT2D eigenvalue weighted by atomic mass is 10.2. The van der Waals surface area contributed by atoms with Gasteiger partial charge < -0.3 is 10.2 Å². The number of likely N-dealkylation sites (tertiary alicyclic amines) is 1. The summed E-state index contributed by atoms with van der Waals surface area (Å²) in [5.74, 6) is -1.53. The van der Waals surface area contributed by atoms with E-state index >= 15 is 0 Å². The fourth-order valence-electron chi connectivity index (χ4n) is 2.97. The van der Waals surface area contributed by atoms with E-state index in [-0.39, 0.29) is 23.9 Å². The third-order valence-corrected chi connectivity index (χ3v) is 5.68. The third-order valence-electron chi connectivity index (χ3n) is 4.28. The Labute approximate surface area is 149 Å². The quantitative estimate of drug-likeness (QED) is 0.649. The minimum Gasteiger partial charge on any atom is -0.339 e. The molecule has 0 spiro atoms. The van der Waals surface area contributed by atoms with Crippen molar-refractivity contribution in [2.45, 2.75) is 17.4 Å². The van der Waals surface area contributed by atoms with Crippen molar-refractivity contribution >= 4 is 27.9 Å². The summed E-state index contributed by atoms with van der Waals surface area (Å²) < 4.78 is 39.5. The Kier molecular flexibility index (Phi) is 4.92. The van der Waals surface area contributed by atoms with Crippen molar-refractivity contribution in [1.29, 1.82) is 0 Å². The zero-order valence-corrected chi connectivity index (χ0v) is 14.5. The third kappa shape index (κ3) is 3.68. The van der Waals surface area contributed by atoms with Gasteiger partial charge in [-0.3, -0.25) is 14.5 Å². The normalized spacial score (nSPS) is 20.6. The van der Waals surface area contributed by atoms with Gasteiger partial charge in [0.1, 0.15) is 5.82 Å². The first kappa shape index (κ1) is 18.3. The molecule has 1 unspecified atom stereocenters. The summed E-state index contributed by atoms with van der Waals surface area (Å²) in [6.07, 6.45) is 0.432. The van der Waals surface area contributed by atoms with Crippen molar-refractivity contribution in [1.82, 2.24) is 19.8 Å². The number of imide groups is 1. The maximum Gasteiger partial charge on any atom is 0.324 e. The van der Waals surface area contributed by atoms with Crippen LogP contribution in [0, 0.1) is 5.82 Å². The molecule has 1 atom stereocenters. The molecule has 1 aromatic carbocycles. The molecule has 2 heterocycles. The van der Waals surface area contributed by atoms with Crippen LogP contribution in [0.3, 0.4) is 0 Å². The molecule has 0 saturated carbocycles. The summed E-state index contributed by atoms with van der Waals surface area (Å²) in [5, 5.41) is 2.42. The van der Waals surface area contributed by atoms with Gasteiger partial charge in [-0.25, -0.2) is 22.3 Å². The highest BCUT2D eigenvalue weighted by Gasteiger charge is 2.39. The first-order chi connectivity index (χ1) is 12.3. The Morgan fingerprint density at radius 3 is 2.77 bits per heavy atom. The fourth-order valence-corrected chi connectivity index (χ4v) is 3.98. The summed E-state index contributed by atoms with van der Waals surface area (Å²) in [7, 11) is -4.02. The van der Waals surface area contributed by atoms with E-state index in [9.17, 15) is 27.2 Å². The molecule has 0 aromatic heterocycles. The number of carbonyl (C=O) groups excluding carboxylic acids is 3. The minimum atomic E-state index is -4.02. The molecule has 2 saturated heterocycles. The van der Waals surface area contributed by atoms with Crippen molar-refractivity contribution in [2.24, 2.45) is 0 Å². The second kappa shape index (κ2) is 7.00. The largest absolute Gasteiger partial charge is 0.339 e. The molecule has 11 heteroatoms. The second-order valence-corrected chi connectivity index (χ2v) is 7.75. The van der Waals surface area contributed by atoms with Crippen LogP contribution in [0.5, 0.6) is 0 Å². The van der Waals surface area contributed by atoms with E-state index in [0.29, 0.717) is 13.0 Å². The average molecular weight is 384 g/mol. The summed E-state index contributed by atoms with van der Waals surface area (Å²) in [6.45, 7) is -0.0929. The van der Waals surface area contributed by atoms with Gasteiger partial charge in [0, 0.05) is 13.1 Å². The van der Waals surface area contributed by atoms with E-state index in [1.807, 2.05) is 0 Å². The predicted octanol–water partition coefficient (Wildman–Crippen LogP) is -0.743. The monoisotopic (exact) mass is 384 g/mol. The molecule has 0 radical (unpaired) electrons. The molecule has 2 fully saturated rings. The van der Waals surface area contributed by atoms with Crippen molar-refractivity contribution in [3.8, 4) is 0 Å². The molecule has 26 heavy (non-hydrogen) atoms. The number of hydrogen-bond acceptors (Lipinski definition) is 5.